The number of carbonyl (C=O) groups excluding carboxylic acids is 2. The normalized spacial score (nSPS) is 21.6. The summed E-state index contributed by atoms with van der Waals surface area (Å²) in [7, 11) is 4.64. The summed E-state index contributed by atoms with van der Waals surface area (Å²) < 4.78 is 15.8. The molecule has 3 rings (SSSR count). The lowest BCUT2D eigenvalue weighted by Crippen LogP contribution is -2.50. The molecule has 166 valence electrons. The second kappa shape index (κ2) is 10.9. The van der Waals surface area contributed by atoms with Gasteiger partial charge in [-0.15, -0.1) is 11.8 Å². The van der Waals surface area contributed by atoms with Gasteiger partial charge in [-0.2, -0.15) is 0 Å². The molecule has 2 unspecified atom stereocenters. The second-order valence-corrected chi connectivity index (χ2v) is 8.50. The van der Waals surface area contributed by atoms with E-state index in [1.807, 2.05) is 18.2 Å². The highest BCUT2D eigenvalue weighted by Gasteiger charge is 2.42. The first kappa shape index (κ1) is 22.7. The first-order valence-electron chi connectivity index (χ1n) is 10.2. The topological polar surface area (TPSA) is 80.3 Å². The summed E-state index contributed by atoms with van der Waals surface area (Å²) in [6.07, 6.45) is 2.44. The van der Waals surface area contributed by atoms with Crippen molar-refractivity contribution in [1.29, 1.82) is 0 Å². The fraction of sp³-hybridized carbons (Fsp3) is 0.619. The number of nitrogens with zero attached hydrogens (tertiary/aromatic N) is 2. The predicted molar refractivity (Wildman–Crippen MR) is 116 cm³/mol. The van der Waals surface area contributed by atoms with Gasteiger partial charge in [0.1, 0.15) is 18.0 Å². The molecule has 8 nitrogen and oxygen atoms in total. The maximum absolute atomic E-state index is 12.9. The minimum atomic E-state index is -0.533. The van der Waals surface area contributed by atoms with Crippen molar-refractivity contribution in [3.05, 3.63) is 23.8 Å². The van der Waals surface area contributed by atoms with Crippen molar-refractivity contribution < 1.29 is 23.8 Å². The zero-order chi connectivity index (χ0) is 21.5. The molecule has 0 spiro atoms. The fourth-order valence-electron chi connectivity index (χ4n) is 3.94. The van der Waals surface area contributed by atoms with Crippen molar-refractivity contribution in [2.75, 3.05) is 59.9 Å². The molecule has 9 heteroatoms. The van der Waals surface area contributed by atoms with Gasteiger partial charge in [0, 0.05) is 26.0 Å². The Morgan fingerprint density at radius 3 is 2.53 bits per heavy atom. The Morgan fingerprint density at radius 2 is 1.87 bits per heavy atom. The van der Waals surface area contributed by atoms with Crippen molar-refractivity contribution in [3.63, 3.8) is 0 Å². The molecule has 1 aromatic carbocycles. The highest BCUT2D eigenvalue weighted by molar-refractivity contribution is 7.99. The fourth-order valence-corrected chi connectivity index (χ4v) is 5.38. The SMILES string of the molecule is COCC(=O)N1C(C(=O)NCCN2CCCC2)CSC1c1ccc(OC)c(OC)c1. The number of methoxy groups -OCH3 is 3. The Balaban J connectivity index is 1.72. The number of hydrogen-bond acceptors (Lipinski definition) is 7. The average Bonchev–Trinajstić information content (AvgIpc) is 3.43. The first-order chi connectivity index (χ1) is 14.6. The smallest absolute Gasteiger partial charge is 0.250 e. The number of ether oxygens (including phenoxy) is 3. The van der Waals surface area contributed by atoms with Gasteiger partial charge < -0.3 is 29.3 Å². The summed E-state index contributed by atoms with van der Waals surface area (Å²) in [6.45, 7) is 3.55. The molecule has 0 aliphatic carbocycles. The van der Waals surface area contributed by atoms with Crippen molar-refractivity contribution >= 4 is 23.6 Å². The molecule has 0 saturated carbocycles. The molecule has 2 heterocycles. The van der Waals surface area contributed by atoms with Crippen molar-refractivity contribution in [2.45, 2.75) is 24.3 Å². The van der Waals surface area contributed by atoms with Crippen molar-refractivity contribution in [2.24, 2.45) is 0 Å². The van der Waals surface area contributed by atoms with Crippen LogP contribution in [0, 0.1) is 0 Å². The Hall–Kier alpha value is -1.97. The van der Waals surface area contributed by atoms with Crippen LogP contribution in [-0.4, -0.2) is 87.5 Å². The molecule has 1 aromatic rings. The minimum absolute atomic E-state index is 0.0676. The van der Waals surface area contributed by atoms with Gasteiger partial charge in [-0.1, -0.05) is 6.07 Å². The number of benzene rings is 1. The number of hydrogen-bond donors (Lipinski definition) is 1. The minimum Gasteiger partial charge on any atom is -0.493 e. The summed E-state index contributed by atoms with van der Waals surface area (Å²) >= 11 is 1.57. The van der Waals surface area contributed by atoms with Gasteiger partial charge >= 0.3 is 0 Å². The Labute approximate surface area is 182 Å². The number of nitrogens with one attached hydrogen (secondary N) is 1. The van der Waals surface area contributed by atoms with E-state index in [2.05, 4.69) is 10.2 Å². The van der Waals surface area contributed by atoms with E-state index in [4.69, 9.17) is 14.2 Å². The molecule has 2 fully saturated rings. The van der Waals surface area contributed by atoms with E-state index in [0.717, 1.165) is 25.2 Å². The molecule has 2 atom stereocenters. The molecule has 2 aliphatic rings. The summed E-state index contributed by atoms with van der Waals surface area (Å²) in [5, 5.41) is 2.73. The maximum Gasteiger partial charge on any atom is 0.250 e. The monoisotopic (exact) mass is 437 g/mol. The molecule has 0 radical (unpaired) electrons. The Kier molecular flexibility index (Phi) is 8.24. The number of thioether (sulfide) groups is 1. The third kappa shape index (κ3) is 5.19. The second-order valence-electron chi connectivity index (χ2n) is 7.39. The summed E-state index contributed by atoms with van der Waals surface area (Å²) in [5.74, 6) is 1.42. The highest BCUT2D eigenvalue weighted by atomic mass is 32.2. The lowest BCUT2D eigenvalue weighted by atomic mass is 10.1. The largest absolute Gasteiger partial charge is 0.493 e. The first-order valence-corrected chi connectivity index (χ1v) is 11.3. The number of rotatable bonds is 9. The van der Waals surface area contributed by atoms with E-state index < -0.39 is 6.04 Å². The maximum atomic E-state index is 12.9. The molecular weight excluding hydrogens is 406 g/mol. The van der Waals surface area contributed by atoms with Gasteiger partial charge in [0.2, 0.25) is 11.8 Å². The quantitative estimate of drug-likeness (QED) is 0.627. The van der Waals surface area contributed by atoms with Crippen LogP contribution in [0.25, 0.3) is 0 Å². The molecule has 2 saturated heterocycles. The molecule has 2 amide bonds. The Bertz CT molecular complexity index is 741. The van der Waals surface area contributed by atoms with Crippen LogP contribution in [0.1, 0.15) is 23.8 Å². The lowest BCUT2D eigenvalue weighted by molar-refractivity contribution is -0.142. The molecule has 2 aliphatic heterocycles. The standard InChI is InChI=1S/C21H31N3O5S/c1-27-13-19(25)24-16(20(26)22-8-11-23-9-4-5-10-23)14-30-21(24)15-6-7-17(28-2)18(12-15)29-3/h6-7,12,16,21H,4-5,8-11,13-14H2,1-3H3,(H,22,26). The van der Waals surface area contributed by atoms with Crippen LogP contribution in [0.4, 0.5) is 0 Å². The van der Waals surface area contributed by atoms with Gasteiger partial charge in [0.15, 0.2) is 11.5 Å². The van der Waals surface area contributed by atoms with Gasteiger partial charge in [0.25, 0.3) is 0 Å². The van der Waals surface area contributed by atoms with E-state index in [-0.39, 0.29) is 23.8 Å². The zero-order valence-electron chi connectivity index (χ0n) is 17.9. The van der Waals surface area contributed by atoms with Crippen LogP contribution in [0.5, 0.6) is 11.5 Å². The van der Waals surface area contributed by atoms with Gasteiger partial charge in [0.05, 0.1) is 14.2 Å². The van der Waals surface area contributed by atoms with Gasteiger partial charge in [-0.25, -0.2) is 0 Å². The van der Waals surface area contributed by atoms with Crippen LogP contribution >= 0.6 is 11.8 Å². The number of carbonyl (C=O) groups is 2. The third-order valence-electron chi connectivity index (χ3n) is 5.48. The van der Waals surface area contributed by atoms with Gasteiger partial charge in [-0.05, 0) is 43.6 Å². The van der Waals surface area contributed by atoms with Crippen LogP contribution < -0.4 is 14.8 Å². The zero-order valence-corrected chi connectivity index (χ0v) is 18.7. The summed E-state index contributed by atoms with van der Waals surface area (Å²) in [4.78, 5) is 29.8. The van der Waals surface area contributed by atoms with E-state index >= 15 is 0 Å². The third-order valence-corrected chi connectivity index (χ3v) is 6.80. The van der Waals surface area contributed by atoms with Crippen molar-refractivity contribution in [1.82, 2.24) is 15.1 Å². The molecule has 0 bridgehead atoms. The van der Waals surface area contributed by atoms with Crippen LogP contribution in [-0.2, 0) is 14.3 Å². The summed E-state index contributed by atoms with van der Waals surface area (Å²) in [5.41, 5.74) is 0.884. The van der Waals surface area contributed by atoms with Crippen molar-refractivity contribution in [3.8, 4) is 11.5 Å². The number of amides is 2. The highest BCUT2D eigenvalue weighted by Crippen LogP contribution is 2.43. The van der Waals surface area contributed by atoms with E-state index in [0.29, 0.717) is 23.8 Å². The Morgan fingerprint density at radius 1 is 1.13 bits per heavy atom. The molecule has 0 aromatic heterocycles. The van der Waals surface area contributed by atoms with E-state index in [1.54, 1.807) is 30.9 Å². The summed E-state index contributed by atoms with van der Waals surface area (Å²) in [6, 6.07) is 5.04. The number of likely N-dealkylation sites (tertiary alicyclic amines) is 1. The predicted octanol–water partition coefficient (Wildman–Crippen LogP) is 1.50. The van der Waals surface area contributed by atoms with E-state index in [9.17, 15) is 9.59 Å². The van der Waals surface area contributed by atoms with Crippen LogP contribution in [0.15, 0.2) is 18.2 Å². The molecule has 1 N–H and O–H groups in total. The molecular formula is C21H31N3O5S. The van der Waals surface area contributed by atoms with Crippen LogP contribution in [0.3, 0.4) is 0 Å². The van der Waals surface area contributed by atoms with Crippen LogP contribution in [0.2, 0.25) is 0 Å². The lowest BCUT2D eigenvalue weighted by Gasteiger charge is -2.29. The van der Waals surface area contributed by atoms with E-state index in [1.165, 1.54) is 20.0 Å². The average molecular weight is 438 g/mol. The molecule has 30 heavy (non-hydrogen) atoms. The van der Waals surface area contributed by atoms with Gasteiger partial charge in [-0.3, -0.25) is 9.59 Å².